The molecule has 1 aliphatic heterocycles. The molecule has 7 heteroatoms. The number of aromatic nitrogens is 2. The lowest BCUT2D eigenvalue weighted by Crippen LogP contribution is -2.34. The largest absolute Gasteiger partial charge is 0.454 e. The van der Waals surface area contributed by atoms with E-state index in [0.29, 0.717) is 23.2 Å². The Kier molecular flexibility index (Phi) is 3.17. The van der Waals surface area contributed by atoms with E-state index in [-0.39, 0.29) is 25.2 Å². The Hall–Kier alpha value is -2.57. The summed E-state index contributed by atoms with van der Waals surface area (Å²) in [5.74, 6) is 2.44. The average Bonchev–Trinajstić information content (AvgIpc) is 3.11. The average molecular weight is 301 g/mol. The van der Waals surface area contributed by atoms with Gasteiger partial charge in [0, 0.05) is 11.5 Å². The number of carbonyl (C=O) groups is 1. The van der Waals surface area contributed by atoms with Gasteiger partial charge in [-0.1, -0.05) is 11.6 Å². The molecule has 1 aromatic carbocycles. The van der Waals surface area contributed by atoms with E-state index >= 15 is 0 Å². The minimum absolute atomic E-state index is 0.0640. The zero-order chi connectivity index (χ0) is 14.9. The minimum Gasteiger partial charge on any atom is -0.454 e. The molecule has 1 aromatic heterocycles. The lowest BCUT2D eigenvalue weighted by Gasteiger charge is -2.23. The van der Waals surface area contributed by atoms with Crippen LogP contribution in [0, 0.1) is 5.92 Å². The summed E-state index contributed by atoms with van der Waals surface area (Å²) in [6.45, 7) is 0.483. The number of benzene rings is 1. The van der Waals surface area contributed by atoms with E-state index in [1.165, 1.54) is 0 Å². The fourth-order valence-corrected chi connectivity index (χ4v) is 2.46. The molecule has 1 saturated carbocycles. The molecule has 1 fully saturated rings. The van der Waals surface area contributed by atoms with Crippen molar-refractivity contribution in [2.45, 2.75) is 25.8 Å². The van der Waals surface area contributed by atoms with Gasteiger partial charge in [-0.25, -0.2) is 0 Å². The highest BCUT2D eigenvalue weighted by Gasteiger charge is 2.25. The van der Waals surface area contributed by atoms with Gasteiger partial charge in [-0.15, -0.1) is 0 Å². The maximum absolute atomic E-state index is 11.8. The van der Waals surface area contributed by atoms with Crippen LogP contribution in [0.4, 0.5) is 0 Å². The highest BCUT2D eigenvalue weighted by atomic mass is 16.7. The van der Waals surface area contributed by atoms with Crippen molar-refractivity contribution in [3.63, 3.8) is 0 Å². The number of nitrogens with zero attached hydrogens (tertiary/aromatic N) is 2. The van der Waals surface area contributed by atoms with E-state index in [2.05, 4.69) is 15.5 Å². The summed E-state index contributed by atoms with van der Waals surface area (Å²) in [4.78, 5) is 16.1. The van der Waals surface area contributed by atoms with Gasteiger partial charge in [-0.05, 0) is 31.0 Å². The van der Waals surface area contributed by atoms with Gasteiger partial charge >= 0.3 is 0 Å². The van der Waals surface area contributed by atoms with Gasteiger partial charge in [0.1, 0.15) is 0 Å². The maximum Gasteiger partial charge on any atom is 0.246 e. The second kappa shape index (κ2) is 5.32. The molecule has 1 aliphatic carbocycles. The third-order valence-electron chi connectivity index (χ3n) is 3.99. The van der Waals surface area contributed by atoms with Crippen molar-refractivity contribution >= 4 is 5.91 Å². The smallest absolute Gasteiger partial charge is 0.246 e. The third kappa shape index (κ3) is 2.38. The van der Waals surface area contributed by atoms with Crippen molar-refractivity contribution in [3.8, 4) is 22.9 Å². The summed E-state index contributed by atoms with van der Waals surface area (Å²) in [7, 11) is 0. The molecular formula is C15H15N3O4. The van der Waals surface area contributed by atoms with Crippen LogP contribution in [0.1, 0.15) is 25.2 Å². The van der Waals surface area contributed by atoms with E-state index in [4.69, 9.17) is 14.0 Å². The summed E-state index contributed by atoms with van der Waals surface area (Å²) in [5, 5.41) is 6.76. The first kappa shape index (κ1) is 13.1. The second-order valence-corrected chi connectivity index (χ2v) is 5.43. The summed E-state index contributed by atoms with van der Waals surface area (Å²) >= 11 is 0. The fourth-order valence-electron chi connectivity index (χ4n) is 2.46. The van der Waals surface area contributed by atoms with Crippen LogP contribution < -0.4 is 14.8 Å². The van der Waals surface area contributed by atoms with Gasteiger partial charge in [0.25, 0.3) is 0 Å². The van der Waals surface area contributed by atoms with E-state index < -0.39 is 0 Å². The highest BCUT2D eigenvalue weighted by molar-refractivity contribution is 5.79. The Bertz CT molecular complexity index is 709. The molecule has 2 aliphatic rings. The molecule has 4 rings (SSSR count). The molecule has 114 valence electrons. The molecule has 2 heterocycles. The molecule has 0 bridgehead atoms. The number of amides is 1. The van der Waals surface area contributed by atoms with Gasteiger partial charge in [0.05, 0.1) is 6.54 Å². The Morgan fingerprint density at radius 3 is 2.95 bits per heavy atom. The molecule has 1 N–H and O–H groups in total. The lowest BCUT2D eigenvalue weighted by atomic mass is 9.85. The van der Waals surface area contributed by atoms with Gasteiger partial charge in [0.15, 0.2) is 11.5 Å². The fraction of sp³-hybridized carbons (Fsp3) is 0.400. The van der Waals surface area contributed by atoms with Crippen molar-refractivity contribution < 1.29 is 18.8 Å². The van der Waals surface area contributed by atoms with Gasteiger partial charge in [-0.2, -0.15) is 4.98 Å². The van der Waals surface area contributed by atoms with Gasteiger partial charge in [-0.3, -0.25) is 4.79 Å². The number of rotatable bonds is 4. The third-order valence-corrected chi connectivity index (χ3v) is 3.99. The molecule has 7 nitrogen and oxygen atoms in total. The normalized spacial score (nSPS) is 16.4. The summed E-state index contributed by atoms with van der Waals surface area (Å²) < 4.78 is 15.8. The van der Waals surface area contributed by atoms with E-state index in [9.17, 15) is 4.79 Å². The zero-order valence-corrected chi connectivity index (χ0v) is 11.9. The Morgan fingerprint density at radius 2 is 2.14 bits per heavy atom. The van der Waals surface area contributed by atoms with Crippen LogP contribution >= 0.6 is 0 Å². The monoisotopic (exact) mass is 301 g/mol. The summed E-state index contributed by atoms with van der Waals surface area (Å²) in [6, 6.07) is 5.46. The highest BCUT2D eigenvalue weighted by Crippen LogP contribution is 2.35. The number of ether oxygens (including phenoxy) is 2. The van der Waals surface area contributed by atoms with Gasteiger partial charge in [0.2, 0.25) is 24.4 Å². The van der Waals surface area contributed by atoms with Crippen molar-refractivity contribution in [1.82, 2.24) is 15.5 Å². The molecule has 0 radical (unpaired) electrons. The van der Waals surface area contributed by atoms with Crippen LogP contribution in [-0.4, -0.2) is 22.8 Å². The first-order valence-electron chi connectivity index (χ1n) is 7.30. The predicted octanol–water partition coefficient (Wildman–Crippen LogP) is 1.88. The maximum atomic E-state index is 11.8. The van der Waals surface area contributed by atoms with E-state index in [1.54, 1.807) is 0 Å². The van der Waals surface area contributed by atoms with Crippen molar-refractivity contribution in [3.05, 3.63) is 24.1 Å². The minimum atomic E-state index is 0.0640. The number of hydrogen-bond donors (Lipinski definition) is 1. The van der Waals surface area contributed by atoms with E-state index in [1.807, 2.05) is 18.2 Å². The molecule has 0 saturated heterocycles. The molecular weight excluding hydrogens is 286 g/mol. The molecule has 2 aromatic rings. The van der Waals surface area contributed by atoms with Crippen molar-refractivity contribution in [2.75, 3.05) is 6.79 Å². The number of hydrogen-bond acceptors (Lipinski definition) is 6. The van der Waals surface area contributed by atoms with Crippen LogP contribution in [0.3, 0.4) is 0 Å². The second-order valence-electron chi connectivity index (χ2n) is 5.43. The number of fused-ring (bicyclic) bond motifs is 1. The molecule has 1 amide bonds. The van der Waals surface area contributed by atoms with Crippen LogP contribution in [0.5, 0.6) is 11.5 Å². The van der Waals surface area contributed by atoms with E-state index in [0.717, 1.165) is 24.8 Å². The SMILES string of the molecule is O=C(NCc1nc(-c2ccc3c(c2)OCO3)no1)C1CCC1. The Morgan fingerprint density at radius 1 is 1.27 bits per heavy atom. The van der Waals surface area contributed by atoms with Crippen LogP contribution in [0.25, 0.3) is 11.4 Å². The standard InChI is InChI=1S/C15H15N3O4/c19-15(9-2-1-3-9)16-7-13-17-14(18-22-13)10-4-5-11-12(6-10)21-8-20-11/h4-6,9H,1-3,7-8H2,(H,16,19). The summed E-state index contributed by atoms with van der Waals surface area (Å²) in [5.41, 5.74) is 0.782. The Labute approximate surface area is 126 Å². The number of carbonyl (C=O) groups excluding carboxylic acids is 1. The van der Waals surface area contributed by atoms with Gasteiger partial charge < -0.3 is 19.3 Å². The molecule has 0 atom stereocenters. The Balaban J connectivity index is 1.43. The zero-order valence-electron chi connectivity index (χ0n) is 11.9. The first-order valence-corrected chi connectivity index (χ1v) is 7.30. The molecule has 0 spiro atoms. The first-order chi connectivity index (χ1) is 10.8. The van der Waals surface area contributed by atoms with Crippen molar-refractivity contribution in [2.24, 2.45) is 5.92 Å². The lowest BCUT2D eigenvalue weighted by molar-refractivity contribution is -0.127. The quantitative estimate of drug-likeness (QED) is 0.928. The van der Waals surface area contributed by atoms with Crippen LogP contribution in [0.15, 0.2) is 22.7 Å². The van der Waals surface area contributed by atoms with Crippen LogP contribution in [-0.2, 0) is 11.3 Å². The van der Waals surface area contributed by atoms with Crippen molar-refractivity contribution in [1.29, 1.82) is 0 Å². The number of nitrogens with one attached hydrogen (secondary N) is 1. The molecule has 0 unspecified atom stereocenters. The molecule has 22 heavy (non-hydrogen) atoms. The topological polar surface area (TPSA) is 86.5 Å². The predicted molar refractivity (Wildman–Crippen MR) is 75.0 cm³/mol. The summed E-state index contributed by atoms with van der Waals surface area (Å²) in [6.07, 6.45) is 3.07. The van der Waals surface area contributed by atoms with Crippen LogP contribution in [0.2, 0.25) is 0 Å².